The second kappa shape index (κ2) is 8.40. The van der Waals surface area contributed by atoms with Gasteiger partial charge in [0.2, 0.25) is 0 Å². The minimum Gasteiger partial charge on any atom is -0.494 e. The van der Waals surface area contributed by atoms with Crippen molar-refractivity contribution in [3.8, 4) is 5.75 Å². The van der Waals surface area contributed by atoms with Gasteiger partial charge in [0.05, 0.1) is 6.61 Å². The van der Waals surface area contributed by atoms with Crippen LogP contribution in [0.4, 0.5) is 0 Å². The molecule has 0 saturated carbocycles. The van der Waals surface area contributed by atoms with Gasteiger partial charge in [0.15, 0.2) is 0 Å². The number of likely N-dealkylation sites (tertiary alicyclic amines) is 1. The van der Waals surface area contributed by atoms with E-state index in [1.807, 2.05) is 6.92 Å². The predicted octanol–water partition coefficient (Wildman–Crippen LogP) is 3.47. The van der Waals surface area contributed by atoms with Gasteiger partial charge in [-0.3, -0.25) is 0 Å². The van der Waals surface area contributed by atoms with Gasteiger partial charge in [0.25, 0.3) is 0 Å². The molecule has 0 aromatic heterocycles. The summed E-state index contributed by atoms with van der Waals surface area (Å²) in [5.41, 5.74) is 1.29. The summed E-state index contributed by atoms with van der Waals surface area (Å²) >= 11 is 0. The molecule has 1 aromatic carbocycles. The summed E-state index contributed by atoms with van der Waals surface area (Å²) in [6, 6.07) is 8.81. The molecule has 3 nitrogen and oxygen atoms in total. The fourth-order valence-electron chi connectivity index (χ4n) is 3.24. The summed E-state index contributed by atoms with van der Waals surface area (Å²) in [7, 11) is 0. The molecule has 1 aromatic rings. The number of likely N-dealkylation sites (N-methyl/N-ethyl adjacent to an activating group) is 1. The minimum absolute atomic E-state index is 0.355. The van der Waals surface area contributed by atoms with Crippen LogP contribution < -0.4 is 10.1 Å². The van der Waals surface area contributed by atoms with Crippen LogP contribution in [-0.4, -0.2) is 37.7 Å². The first-order valence-electron chi connectivity index (χ1n) is 8.45. The number of hydrogen-bond donors (Lipinski definition) is 1. The zero-order valence-electron chi connectivity index (χ0n) is 13.8. The second-order valence-corrected chi connectivity index (χ2v) is 5.90. The van der Waals surface area contributed by atoms with Gasteiger partial charge in [-0.15, -0.1) is 0 Å². The number of nitrogens with one attached hydrogen (secondary N) is 1. The zero-order valence-corrected chi connectivity index (χ0v) is 13.8. The quantitative estimate of drug-likeness (QED) is 0.793. The molecular formula is C18H30N2O. The maximum Gasteiger partial charge on any atom is 0.124 e. The van der Waals surface area contributed by atoms with Crippen LogP contribution in [0.25, 0.3) is 0 Å². The predicted molar refractivity (Wildman–Crippen MR) is 88.9 cm³/mol. The van der Waals surface area contributed by atoms with Crippen LogP contribution in [0, 0.1) is 5.92 Å². The van der Waals surface area contributed by atoms with Crippen LogP contribution >= 0.6 is 0 Å². The van der Waals surface area contributed by atoms with Crippen molar-refractivity contribution in [2.45, 2.75) is 39.7 Å². The molecule has 2 unspecified atom stereocenters. The van der Waals surface area contributed by atoms with Crippen molar-refractivity contribution in [1.82, 2.24) is 10.2 Å². The SMILES string of the molecule is CCNC(CN1CCC(CC)C1)c1ccccc1OCC. The molecule has 1 N–H and O–H groups in total. The summed E-state index contributed by atoms with van der Waals surface area (Å²) in [4.78, 5) is 2.60. The highest BCUT2D eigenvalue weighted by Crippen LogP contribution is 2.28. The highest BCUT2D eigenvalue weighted by molar-refractivity contribution is 5.36. The van der Waals surface area contributed by atoms with E-state index in [9.17, 15) is 0 Å². The average molecular weight is 290 g/mol. The molecule has 1 fully saturated rings. The Morgan fingerprint density at radius 1 is 1.29 bits per heavy atom. The number of nitrogens with zero attached hydrogens (tertiary/aromatic N) is 1. The lowest BCUT2D eigenvalue weighted by molar-refractivity contribution is 0.275. The van der Waals surface area contributed by atoms with Crippen LogP contribution in [0.1, 0.15) is 45.2 Å². The van der Waals surface area contributed by atoms with Gasteiger partial charge in [-0.1, -0.05) is 38.5 Å². The van der Waals surface area contributed by atoms with Gasteiger partial charge < -0.3 is 15.0 Å². The normalized spacial score (nSPS) is 20.6. The molecule has 1 saturated heterocycles. The van der Waals surface area contributed by atoms with Crippen molar-refractivity contribution in [3.63, 3.8) is 0 Å². The van der Waals surface area contributed by atoms with E-state index in [-0.39, 0.29) is 0 Å². The Bertz CT molecular complexity index is 421. The Balaban J connectivity index is 2.08. The molecule has 0 spiro atoms. The lowest BCUT2D eigenvalue weighted by Crippen LogP contribution is -2.34. The van der Waals surface area contributed by atoms with E-state index in [1.54, 1.807) is 0 Å². The molecule has 2 atom stereocenters. The van der Waals surface area contributed by atoms with Gasteiger partial charge in [0.1, 0.15) is 5.75 Å². The number of hydrogen-bond acceptors (Lipinski definition) is 3. The number of benzene rings is 1. The van der Waals surface area contributed by atoms with E-state index >= 15 is 0 Å². The Kier molecular flexibility index (Phi) is 6.52. The number of ether oxygens (including phenoxy) is 1. The molecule has 0 aliphatic carbocycles. The Hall–Kier alpha value is -1.06. The topological polar surface area (TPSA) is 24.5 Å². The third-order valence-corrected chi connectivity index (χ3v) is 4.43. The average Bonchev–Trinajstić information content (AvgIpc) is 2.95. The summed E-state index contributed by atoms with van der Waals surface area (Å²) in [6.07, 6.45) is 2.65. The third-order valence-electron chi connectivity index (χ3n) is 4.43. The van der Waals surface area contributed by atoms with E-state index in [1.165, 1.54) is 31.5 Å². The first-order valence-corrected chi connectivity index (χ1v) is 8.45. The van der Waals surface area contributed by atoms with Crippen LogP contribution in [0.5, 0.6) is 5.75 Å². The van der Waals surface area contributed by atoms with Crippen molar-refractivity contribution in [2.24, 2.45) is 5.92 Å². The van der Waals surface area contributed by atoms with Gasteiger partial charge in [0, 0.05) is 24.7 Å². The van der Waals surface area contributed by atoms with Gasteiger partial charge >= 0.3 is 0 Å². The first-order chi connectivity index (χ1) is 10.3. The summed E-state index contributed by atoms with van der Waals surface area (Å²) < 4.78 is 5.81. The summed E-state index contributed by atoms with van der Waals surface area (Å²) in [6.45, 7) is 11.8. The molecule has 1 aliphatic rings. The Labute approximate surface area is 129 Å². The van der Waals surface area contributed by atoms with E-state index in [4.69, 9.17) is 4.74 Å². The summed E-state index contributed by atoms with van der Waals surface area (Å²) in [5, 5.41) is 3.64. The highest BCUT2D eigenvalue weighted by atomic mass is 16.5. The van der Waals surface area contributed by atoms with E-state index < -0.39 is 0 Å². The van der Waals surface area contributed by atoms with Crippen molar-refractivity contribution < 1.29 is 4.74 Å². The molecule has 118 valence electrons. The Morgan fingerprint density at radius 3 is 2.76 bits per heavy atom. The van der Waals surface area contributed by atoms with E-state index in [0.29, 0.717) is 6.04 Å². The third kappa shape index (κ3) is 4.45. The first kappa shape index (κ1) is 16.3. The molecule has 0 bridgehead atoms. The maximum absolute atomic E-state index is 5.81. The summed E-state index contributed by atoms with van der Waals surface area (Å²) in [5.74, 6) is 1.91. The standard InChI is InChI=1S/C18H30N2O/c1-4-15-11-12-20(13-15)14-17(19-5-2)16-9-7-8-10-18(16)21-6-3/h7-10,15,17,19H,4-6,11-14H2,1-3H3. The monoisotopic (exact) mass is 290 g/mol. The molecule has 0 amide bonds. The van der Waals surface area contributed by atoms with Crippen molar-refractivity contribution in [3.05, 3.63) is 29.8 Å². The smallest absolute Gasteiger partial charge is 0.124 e. The second-order valence-electron chi connectivity index (χ2n) is 5.90. The molecule has 1 aliphatic heterocycles. The maximum atomic E-state index is 5.81. The van der Waals surface area contributed by atoms with Crippen LogP contribution in [0.15, 0.2) is 24.3 Å². The molecule has 1 heterocycles. The molecule has 2 rings (SSSR count). The molecular weight excluding hydrogens is 260 g/mol. The van der Waals surface area contributed by atoms with Gasteiger partial charge in [-0.05, 0) is 38.4 Å². The molecule has 3 heteroatoms. The van der Waals surface area contributed by atoms with Crippen LogP contribution in [-0.2, 0) is 0 Å². The van der Waals surface area contributed by atoms with Gasteiger partial charge in [-0.2, -0.15) is 0 Å². The van der Waals surface area contributed by atoms with Crippen molar-refractivity contribution in [2.75, 3.05) is 32.8 Å². The fourth-order valence-corrected chi connectivity index (χ4v) is 3.24. The van der Waals surface area contributed by atoms with Crippen LogP contribution in [0.2, 0.25) is 0 Å². The van der Waals surface area contributed by atoms with Gasteiger partial charge in [-0.25, -0.2) is 0 Å². The van der Waals surface area contributed by atoms with Crippen LogP contribution in [0.3, 0.4) is 0 Å². The fraction of sp³-hybridized carbons (Fsp3) is 0.667. The molecule has 0 radical (unpaired) electrons. The highest BCUT2D eigenvalue weighted by Gasteiger charge is 2.25. The van der Waals surface area contributed by atoms with E-state index in [0.717, 1.165) is 31.4 Å². The van der Waals surface area contributed by atoms with Crippen molar-refractivity contribution in [1.29, 1.82) is 0 Å². The lowest BCUT2D eigenvalue weighted by Gasteiger charge is -2.26. The number of rotatable bonds is 8. The number of para-hydroxylation sites is 1. The minimum atomic E-state index is 0.355. The largest absolute Gasteiger partial charge is 0.494 e. The Morgan fingerprint density at radius 2 is 2.10 bits per heavy atom. The lowest BCUT2D eigenvalue weighted by atomic mass is 10.0. The van der Waals surface area contributed by atoms with Crippen molar-refractivity contribution >= 4 is 0 Å². The zero-order chi connectivity index (χ0) is 15.1. The molecule has 21 heavy (non-hydrogen) atoms. The van der Waals surface area contributed by atoms with E-state index in [2.05, 4.69) is 48.3 Å².